The lowest BCUT2D eigenvalue weighted by Gasteiger charge is -2.27. The first-order chi connectivity index (χ1) is 12.3. The highest BCUT2D eigenvalue weighted by Gasteiger charge is 2.25. The minimum atomic E-state index is -0.0823. The Labute approximate surface area is 143 Å². The van der Waals surface area contributed by atoms with E-state index in [4.69, 9.17) is 4.74 Å². The standard InChI is InChI=1S/C16H17N7O2/c24-16(13-3-5-18-19-13)22-6-7-23-14(9-22)20-21-15(23)11-25-10-12-2-1-4-17-8-12/h1-5,8H,6-7,9-11H2,(H,18,19). The predicted octanol–water partition coefficient (Wildman–Crippen LogP) is 0.769. The van der Waals surface area contributed by atoms with Crippen LogP contribution in [-0.2, 0) is 31.0 Å². The van der Waals surface area contributed by atoms with Crippen molar-refractivity contribution in [1.82, 2.24) is 34.8 Å². The molecule has 0 radical (unpaired) electrons. The van der Waals surface area contributed by atoms with Gasteiger partial charge in [-0.1, -0.05) is 6.07 Å². The van der Waals surface area contributed by atoms with Crippen LogP contribution >= 0.6 is 0 Å². The zero-order valence-electron chi connectivity index (χ0n) is 13.5. The van der Waals surface area contributed by atoms with E-state index in [-0.39, 0.29) is 5.91 Å². The van der Waals surface area contributed by atoms with Gasteiger partial charge in [0.1, 0.15) is 12.3 Å². The lowest BCUT2D eigenvalue weighted by molar-refractivity contribution is 0.0690. The third-order valence-electron chi connectivity index (χ3n) is 4.07. The molecule has 0 bridgehead atoms. The fraction of sp³-hybridized carbons (Fsp3) is 0.312. The Morgan fingerprint density at radius 2 is 2.16 bits per heavy atom. The molecule has 4 heterocycles. The van der Waals surface area contributed by atoms with Crippen molar-refractivity contribution in [3.63, 3.8) is 0 Å². The van der Waals surface area contributed by atoms with Gasteiger partial charge in [-0.2, -0.15) is 5.10 Å². The van der Waals surface area contributed by atoms with Crippen LogP contribution in [0.3, 0.4) is 0 Å². The SMILES string of the molecule is O=C(c1ccn[nH]1)N1CCn2c(COCc3cccnc3)nnc2C1. The summed E-state index contributed by atoms with van der Waals surface area (Å²) in [6.45, 7) is 2.51. The fourth-order valence-corrected chi connectivity index (χ4v) is 2.79. The first-order valence-corrected chi connectivity index (χ1v) is 7.97. The average Bonchev–Trinajstić information content (AvgIpc) is 3.32. The smallest absolute Gasteiger partial charge is 0.272 e. The number of carbonyl (C=O) groups excluding carboxylic acids is 1. The molecule has 1 aliphatic rings. The molecule has 3 aromatic heterocycles. The molecule has 0 atom stereocenters. The van der Waals surface area contributed by atoms with Crippen LogP contribution in [0.1, 0.15) is 27.7 Å². The molecule has 0 saturated heterocycles. The number of ether oxygens (including phenoxy) is 1. The van der Waals surface area contributed by atoms with E-state index in [0.717, 1.165) is 17.2 Å². The maximum Gasteiger partial charge on any atom is 0.272 e. The normalized spacial score (nSPS) is 13.7. The first-order valence-electron chi connectivity index (χ1n) is 7.97. The third-order valence-corrected chi connectivity index (χ3v) is 4.07. The van der Waals surface area contributed by atoms with Crippen LogP contribution < -0.4 is 0 Å². The van der Waals surface area contributed by atoms with Gasteiger partial charge in [-0.3, -0.25) is 14.9 Å². The maximum absolute atomic E-state index is 12.4. The lowest BCUT2D eigenvalue weighted by Crippen LogP contribution is -2.39. The lowest BCUT2D eigenvalue weighted by atomic mass is 10.3. The molecule has 4 rings (SSSR count). The zero-order valence-corrected chi connectivity index (χ0v) is 13.5. The summed E-state index contributed by atoms with van der Waals surface area (Å²) in [5.41, 5.74) is 1.49. The van der Waals surface area contributed by atoms with Crippen molar-refractivity contribution in [2.45, 2.75) is 26.3 Å². The third kappa shape index (κ3) is 3.26. The van der Waals surface area contributed by atoms with Gasteiger partial charge in [0, 0.05) is 31.7 Å². The highest BCUT2D eigenvalue weighted by Crippen LogP contribution is 2.15. The van der Waals surface area contributed by atoms with Crippen molar-refractivity contribution in [2.75, 3.05) is 6.54 Å². The number of hydrogen-bond acceptors (Lipinski definition) is 6. The van der Waals surface area contributed by atoms with Gasteiger partial charge in [0.2, 0.25) is 0 Å². The molecule has 0 fully saturated rings. The Morgan fingerprint density at radius 3 is 2.96 bits per heavy atom. The number of pyridine rings is 1. The Bertz CT molecular complexity index is 845. The van der Waals surface area contributed by atoms with Crippen LogP contribution in [0.4, 0.5) is 0 Å². The largest absolute Gasteiger partial charge is 0.369 e. The molecule has 0 aromatic carbocycles. The molecule has 0 saturated carbocycles. The summed E-state index contributed by atoms with van der Waals surface area (Å²) < 4.78 is 7.72. The highest BCUT2D eigenvalue weighted by atomic mass is 16.5. The van der Waals surface area contributed by atoms with E-state index in [1.165, 1.54) is 0 Å². The van der Waals surface area contributed by atoms with E-state index in [0.29, 0.717) is 38.5 Å². The van der Waals surface area contributed by atoms with Crippen molar-refractivity contribution in [3.8, 4) is 0 Å². The number of fused-ring (bicyclic) bond motifs is 1. The molecular weight excluding hydrogens is 322 g/mol. The summed E-state index contributed by atoms with van der Waals surface area (Å²) in [5.74, 6) is 1.45. The molecule has 9 heteroatoms. The van der Waals surface area contributed by atoms with E-state index in [9.17, 15) is 4.79 Å². The number of aromatic nitrogens is 6. The van der Waals surface area contributed by atoms with Crippen LogP contribution in [0, 0.1) is 0 Å². The first kappa shape index (κ1) is 15.5. The van der Waals surface area contributed by atoms with E-state index >= 15 is 0 Å². The molecule has 0 unspecified atom stereocenters. The molecule has 9 nitrogen and oxygen atoms in total. The Kier molecular flexibility index (Phi) is 4.21. The second-order valence-corrected chi connectivity index (χ2v) is 5.74. The second kappa shape index (κ2) is 6.81. The summed E-state index contributed by atoms with van der Waals surface area (Å²) >= 11 is 0. The van der Waals surface area contributed by atoms with Gasteiger partial charge in [0.05, 0.1) is 13.2 Å². The number of aromatic amines is 1. The van der Waals surface area contributed by atoms with Crippen molar-refractivity contribution in [2.24, 2.45) is 0 Å². The van der Waals surface area contributed by atoms with Crippen LogP contribution in [-0.4, -0.2) is 47.3 Å². The van der Waals surface area contributed by atoms with Crippen LogP contribution in [0.2, 0.25) is 0 Å². The van der Waals surface area contributed by atoms with Crippen molar-refractivity contribution in [3.05, 3.63) is 59.7 Å². The van der Waals surface area contributed by atoms with Gasteiger partial charge in [0.25, 0.3) is 5.91 Å². The van der Waals surface area contributed by atoms with E-state index in [1.54, 1.807) is 29.6 Å². The van der Waals surface area contributed by atoms with E-state index in [1.807, 2.05) is 16.7 Å². The minimum absolute atomic E-state index is 0.0823. The topological polar surface area (TPSA) is 102 Å². The summed E-state index contributed by atoms with van der Waals surface area (Å²) in [7, 11) is 0. The Balaban J connectivity index is 1.38. The molecule has 3 aromatic rings. The molecule has 1 aliphatic heterocycles. The summed E-state index contributed by atoms with van der Waals surface area (Å²) in [6, 6.07) is 5.51. The van der Waals surface area contributed by atoms with Gasteiger partial charge in [-0.15, -0.1) is 10.2 Å². The quantitative estimate of drug-likeness (QED) is 0.737. The fourth-order valence-electron chi connectivity index (χ4n) is 2.79. The van der Waals surface area contributed by atoms with Crippen LogP contribution in [0.15, 0.2) is 36.8 Å². The number of hydrogen-bond donors (Lipinski definition) is 1. The number of nitrogens with one attached hydrogen (secondary N) is 1. The zero-order chi connectivity index (χ0) is 17.1. The second-order valence-electron chi connectivity index (χ2n) is 5.74. The maximum atomic E-state index is 12.4. The molecular formula is C16H17N7O2. The Morgan fingerprint density at radius 1 is 1.20 bits per heavy atom. The number of amides is 1. The van der Waals surface area contributed by atoms with Crippen LogP contribution in [0.5, 0.6) is 0 Å². The molecule has 1 amide bonds. The molecule has 25 heavy (non-hydrogen) atoms. The van der Waals surface area contributed by atoms with Crippen molar-refractivity contribution < 1.29 is 9.53 Å². The molecule has 1 N–H and O–H groups in total. The van der Waals surface area contributed by atoms with Gasteiger partial charge in [-0.05, 0) is 17.7 Å². The van der Waals surface area contributed by atoms with Gasteiger partial charge < -0.3 is 14.2 Å². The number of nitrogens with zero attached hydrogens (tertiary/aromatic N) is 6. The summed E-state index contributed by atoms with van der Waals surface area (Å²) in [6.07, 6.45) is 5.07. The number of H-pyrrole nitrogens is 1. The van der Waals surface area contributed by atoms with E-state index < -0.39 is 0 Å². The van der Waals surface area contributed by atoms with Crippen molar-refractivity contribution >= 4 is 5.91 Å². The number of carbonyl (C=O) groups is 1. The molecule has 0 spiro atoms. The Hall–Kier alpha value is -3.07. The number of rotatable bonds is 5. The summed E-state index contributed by atoms with van der Waals surface area (Å²) in [4.78, 5) is 18.2. The molecule has 0 aliphatic carbocycles. The van der Waals surface area contributed by atoms with Gasteiger partial charge in [-0.25, -0.2) is 0 Å². The summed E-state index contributed by atoms with van der Waals surface area (Å²) in [5, 5.41) is 14.9. The van der Waals surface area contributed by atoms with Gasteiger partial charge in [0.15, 0.2) is 11.6 Å². The molecule has 128 valence electrons. The average molecular weight is 339 g/mol. The van der Waals surface area contributed by atoms with E-state index in [2.05, 4.69) is 25.4 Å². The van der Waals surface area contributed by atoms with Crippen LogP contribution in [0.25, 0.3) is 0 Å². The minimum Gasteiger partial charge on any atom is -0.369 e. The van der Waals surface area contributed by atoms with Gasteiger partial charge >= 0.3 is 0 Å². The van der Waals surface area contributed by atoms with Crippen molar-refractivity contribution in [1.29, 1.82) is 0 Å². The highest BCUT2D eigenvalue weighted by molar-refractivity contribution is 5.92. The predicted molar refractivity (Wildman–Crippen MR) is 86.1 cm³/mol. The monoisotopic (exact) mass is 339 g/mol.